The first-order chi connectivity index (χ1) is 9.47. The van der Waals surface area contributed by atoms with Gasteiger partial charge in [-0.1, -0.05) is 22.0 Å². The molecule has 0 aromatic heterocycles. The molecule has 0 aliphatic carbocycles. The number of carbonyl (C=O) groups is 1. The highest BCUT2D eigenvalue weighted by Gasteiger charge is 2.22. The highest BCUT2D eigenvalue weighted by Crippen LogP contribution is 2.24. The van der Waals surface area contributed by atoms with E-state index in [0.717, 1.165) is 5.56 Å². The molecule has 0 spiro atoms. The van der Waals surface area contributed by atoms with E-state index in [-0.39, 0.29) is 24.1 Å². The van der Waals surface area contributed by atoms with Gasteiger partial charge in [0.2, 0.25) is 5.91 Å². The van der Waals surface area contributed by atoms with Crippen LogP contribution in [0.3, 0.4) is 0 Å². The number of nitrogens with zero attached hydrogens (tertiary/aromatic N) is 2. The summed E-state index contributed by atoms with van der Waals surface area (Å²) in [5, 5.41) is 20.1. The number of amides is 1. The van der Waals surface area contributed by atoms with Gasteiger partial charge in [0.25, 0.3) is 5.69 Å². The number of benzene rings is 1. The summed E-state index contributed by atoms with van der Waals surface area (Å²) in [5.74, 6) is -0.0218. The summed E-state index contributed by atoms with van der Waals surface area (Å²) in [7, 11) is 0. The monoisotopic (exact) mass is 342 g/mol. The number of hydrogen-bond donors (Lipinski definition) is 1. The van der Waals surface area contributed by atoms with E-state index in [9.17, 15) is 20.0 Å². The average molecular weight is 343 g/mol. The van der Waals surface area contributed by atoms with Crippen molar-refractivity contribution in [3.05, 3.63) is 38.3 Å². The van der Waals surface area contributed by atoms with E-state index in [4.69, 9.17) is 0 Å². The van der Waals surface area contributed by atoms with Crippen LogP contribution in [-0.2, 0) is 11.2 Å². The number of nitro benzene ring substituents is 1. The van der Waals surface area contributed by atoms with Crippen LogP contribution < -0.4 is 0 Å². The third-order valence-electron chi connectivity index (χ3n) is 3.41. The van der Waals surface area contributed by atoms with Crippen LogP contribution >= 0.6 is 15.9 Å². The van der Waals surface area contributed by atoms with Gasteiger partial charge in [-0.05, 0) is 18.4 Å². The van der Waals surface area contributed by atoms with E-state index in [1.807, 2.05) is 0 Å². The van der Waals surface area contributed by atoms with Crippen molar-refractivity contribution in [1.82, 2.24) is 4.90 Å². The molecule has 2 rings (SSSR count). The highest BCUT2D eigenvalue weighted by atomic mass is 79.9. The molecule has 20 heavy (non-hydrogen) atoms. The second-order valence-electron chi connectivity index (χ2n) is 4.82. The smallest absolute Gasteiger partial charge is 0.270 e. The molecule has 7 heteroatoms. The fourth-order valence-corrected chi connectivity index (χ4v) is 2.69. The summed E-state index contributed by atoms with van der Waals surface area (Å²) in [6.45, 7) is 1.12. The topological polar surface area (TPSA) is 83.7 Å². The molecule has 1 amide bonds. The van der Waals surface area contributed by atoms with Gasteiger partial charge < -0.3 is 10.0 Å². The Hall–Kier alpha value is -1.47. The predicted octanol–water partition coefficient (Wildman–Crippen LogP) is 1.88. The zero-order valence-electron chi connectivity index (χ0n) is 10.8. The zero-order valence-corrected chi connectivity index (χ0v) is 12.4. The van der Waals surface area contributed by atoms with Crippen LogP contribution in [0.2, 0.25) is 0 Å². The number of nitro groups is 1. The van der Waals surface area contributed by atoms with Crippen LogP contribution in [0, 0.1) is 10.1 Å². The molecule has 0 atom stereocenters. The molecule has 6 nitrogen and oxygen atoms in total. The summed E-state index contributed by atoms with van der Waals surface area (Å²) in [4.78, 5) is 24.0. The number of carbonyl (C=O) groups excluding carboxylic acids is 1. The van der Waals surface area contributed by atoms with Crippen molar-refractivity contribution in [3.8, 4) is 0 Å². The second kappa shape index (κ2) is 6.32. The Morgan fingerprint density at radius 3 is 2.65 bits per heavy atom. The molecule has 1 fully saturated rings. The second-order valence-corrected chi connectivity index (χ2v) is 5.68. The molecule has 1 N–H and O–H groups in total. The standard InChI is InChI=1S/C13H15BrN2O4/c14-12-8-10(16(19)20)2-1-9(12)7-13(18)15-5-3-11(17)4-6-15/h1-2,8,11,17H,3-7H2. The largest absolute Gasteiger partial charge is 0.393 e. The van der Waals surface area contributed by atoms with Crippen molar-refractivity contribution in [2.24, 2.45) is 0 Å². The summed E-state index contributed by atoms with van der Waals surface area (Å²) in [6, 6.07) is 4.40. The van der Waals surface area contributed by atoms with Gasteiger partial charge in [0, 0.05) is 29.7 Å². The van der Waals surface area contributed by atoms with Crippen LogP contribution in [-0.4, -0.2) is 40.0 Å². The van der Waals surface area contributed by atoms with Gasteiger partial charge in [0.1, 0.15) is 0 Å². The fourth-order valence-electron chi connectivity index (χ4n) is 2.18. The average Bonchev–Trinajstić information content (AvgIpc) is 2.41. The number of halogens is 1. The minimum absolute atomic E-state index is 0.00540. The molecule has 0 radical (unpaired) electrons. The number of likely N-dealkylation sites (tertiary alicyclic amines) is 1. The number of hydrogen-bond acceptors (Lipinski definition) is 4. The van der Waals surface area contributed by atoms with Gasteiger partial charge in [0.15, 0.2) is 0 Å². The van der Waals surface area contributed by atoms with Crippen molar-refractivity contribution >= 4 is 27.5 Å². The SMILES string of the molecule is O=C(Cc1ccc([N+](=O)[O-])cc1Br)N1CCC(O)CC1. The fraction of sp³-hybridized carbons (Fsp3) is 0.462. The van der Waals surface area contributed by atoms with Gasteiger partial charge in [-0.3, -0.25) is 14.9 Å². The summed E-state index contributed by atoms with van der Waals surface area (Å²) in [5.41, 5.74) is 0.723. The Bertz CT molecular complexity index is 527. The third kappa shape index (κ3) is 3.55. The molecule has 0 unspecified atom stereocenters. The number of rotatable bonds is 3. The van der Waals surface area contributed by atoms with Crippen molar-refractivity contribution in [1.29, 1.82) is 0 Å². The van der Waals surface area contributed by atoms with E-state index >= 15 is 0 Å². The van der Waals surface area contributed by atoms with Gasteiger partial charge in [-0.25, -0.2) is 0 Å². The summed E-state index contributed by atoms with van der Waals surface area (Å²) in [6.07, 6.45) is 1.10. The molecule has 1 saturated heterocycles. The lowest BCUT2D eigenvalue weighted by atomic mass is 10.1. The van der Waals surface area contributed by atoms with Crippen LogP contribution in [0.1, 0.15) is 18.4 Å². The zero-order chi connectivity index (χ0) is 14.7. The maximum absolute atomic E-state index is 12.1. The summed E-state index contributed by atoms with van der Waals surface area (Å²) < 4.78 is 0.567. The predicted molar refractivity (Wildman–Crippen MR) is 76.3 cm³/mol. The molecule has 1 aromatic carbocycles. The van der Waals surface area contributed by atoms with Gasteiger partial charge >= 0.3 is 0 Å². The molecule has 1 aliphatic heterocycles. The summed E-state index contributed by atoms with van der Waals surface area (Å²) >= 11 is 3.26. The maximum Gasteiger partial charge on any atom is 0.270 e. The lowest BCUT2D eigenvalue weighted by Crippen LogP contribution is -2.40. The van der Waals surface area contributed by atoms with Crippen molar-refractivity contribution < 1.29 is 14.8 Å². The Kier molecular flexibility index (Phi) is 4.72. The minimum Gasteiger partial charge on any atom is -0.393 e. The molecule has 0 bridgehead atoms. The Labute approximate surface area is 124 Å². The molecule has 1 heterocycles. The number of piperidine rings is 1. The first kappa shape index (κ1) is 14.9. The maximum atomic E-state index is 12.1. The van der Waals surface area contributed by atoms with E-state index in [1.165, 1.54) is 12.1 Å². The first-order valence-electron chi connectivity index (χ1n) is 6.36. The molecular weight excluding hydrogens is 328 g/mol. The van der Waals surface area contributed by atoms with Crippen molar-refractivity contribution in [3.63, 3.8) is 0 Å². The van der Waals surface area contributed by atoms with E-state index in [1.54, 1.807) is 11.0 Å². The Morgan fingerprint density at radius 2 is 2.10 bits per heavy atom. The molecule has 108 valence electrons. The van der Waals surface area contributed by atoms with Gasteiger partial charge in [-0.2, -0.15) is 0 Å². The molecular formula is C13H15BrN2O4. The number of aliphatic hydroxyl groups is 1. The van der Waals surface area contributed by atoms with Crippen LogP contribution in [0.5, 0.6) is 0 Å². The minimum atomic E-state index is -0.470. The lowest BCUT2D eigenvalue weighted by Gasteiger charge is -2.29. The number of non-ortho nitro benzene ring substituents is 1. The van der Waals surface area contributed by atoms with Gasteiger partial charge in [-0.15, -0.1) is 0 Å². The van der Waals surface area contributed by atoms with Crippen LogP contribution in [0.4, 0.5) is 5.69 Å². The molecule has 1 aromatic rings. The van der Waals surface area contributed by atoms with E-state index < -0.39 is 4.92 Å². The Balaban J connectivity index is 2.02. The molecule has 0 saturated carbocycles. The van der Waals surface area contributed by atoms with Crippen molar-refractivity contribution in [2.45, 2.75) is 25.4 Å². The van der Waals surface area contributed by atoms with Crippen molar-refractivity contribution in [2.75, 3.05) is 13.1 Å². The number of aliphatic hydroxyl groups excluding tert-OH is 1. The van der Waals surface area contributed by atoms with E-state index in [0.29, 0.717) is 30.4 Å². The van der Waals surface area contributed by atoms with E-state index in [2.05, 4.69) is 15.9 Å². The molecule has 1 aliphatic rings. The quantitative estimate of drug-likeness (QED) is 0.671. The normalized spacial score (nSPS) is 16.2. The first-order valence-corrected chi connectivity index (χ1v) is 7.15. The Morgan fingerprint density at radius 1 is 1.45 bits per heavy atom. The lowest BCUT2D eigenvalue weighted by molar-refractivity contribution is -0.384. The van der Waals surface area contributed by atoms with Crippen LogP contribution in [0.25, 0.3) is 0 Å². The van der Waals surface area contributed by atoms with Gasteiger partial charge in [0.05, 0.1) is 17.4 Å². The third-order valence-corrected chi connectivity index (χ3v) is 4.14. The van der Waals surface area contributed by atoms with Crippen LogP contribution in [0.15, 0.2) is 22.7 Å². The highest BCUT2D eigenvalue weighted by molar-refractivity contribution is 9.10.